The molecule has 0 aliphatic rings. The van der Waals surface area contributed by atoms with Gasteiger partial charge in [-0.1, -0.05) is 47.5 Å². The highest BCUT2D eigenvalue weighted by molar-refractivity contribution is 6.42. The molecule has 0 spiro atoms. The topological polar surface area (TPSA) is 21.3 Å². The Balaban J connectivity index is 2.21. The second kappa shape index (κ2) is 6.98. The van der Waals surface area contributed by atoms with Crippen LogP contribution in [-0.4, -0.2) is 14.2 Å². The molecule has 0 heterocycles. The van der Waals surface area contributed by atoms with Gasteiger partial charge in [-0.2, -0.15) is 0 Å². The van der Waals surface area contributed by atoms with Gasteiger partial charge in [0.25, 0.3) is 0 Å². The summed E-state index contributed by atoms with van der Waals surface area (Å²) in [6, 6.07) is 13.9. The van der Waals surface area contributed by atoms with E-state index in [-0.39, 0.29) is 6.04 Å². The van der Waals surface area contributed by atoms with Crippen LogP contribution in [-0.2, 0) is 6.42 Å². The van der Waals surface area contributed by atoms with Crippen molar-refractivity contribution < 1.29 is 4.74 Å². The molecule has 0 saturated carbocycles. The van der Waals surface area contributed by atoms with E-state index in [1.165, 1.54) is 5.56 Å². The highest BCUT2D eigenvalue weighted by atomic mass is 35.5. The monoisotopic (exact) mass is 309 g/mol. The highest BCUT2D eigenvalue weighted by Crippen LogP contribution is 2.29. The van der Waals surface area contributed by atoms with Gasteiger partial charge in [-0.3, -0.25) is 0 Å². The summed E-state index contributed by atoms with van der Waals surface area (Å²) in [5.41, 5.74) is 2.22. The minimum absolute atomic E-state index is 0.178. The maximum atomic E-state index is 6.25. The summed E-state index contributed by atoms with van der Waals surface area (Å²) >= 11 is 12.3. The lowest BCUT2D eigenvalue weighted by molar-refractivity contribution is 0.414. The smallest absolute Gasteiger partial charge is 0.118 e. The molecule has 0 amide bonds. The molecule has 0 radical (unpaired) electrons. The quantitative estimate of drug-likeness (QED) is 0.877. The number of halogens is 2. The Kier molecular flexibility index (Phi) is 5.30. The maximum Gasteiger partial charge on any atom is 0.118 e. The summed E-state index contributed by atoms with van der Waals surface area (Å²) in [5, 5.41) is 4.53. The van der Waals surface area contributed by atoms with Gasteiger partial charge >= 0.3 is 0 Å². The molecule has 2 rings (SSSR count). The highest BCUT2D eigenvalue weighted by Gasteiger charge is 2.13. The molecule has 1 N–H and O–H groups in total. The van der Waals surface area contributed by atoms with Crippen molar-refractivity contribution in [2.24, 2.45) is 0 Å². The normalized spacial score (nSPS) is 12.2. The Morgan fingerprint density at radius 2 is 1.80 bits per heavy atom. The van der Waals surface area contributed by atoms with Gasteiger partial charge in [-0.15, -0.1) is 0 Å². The predicted molar refractivity (Wildman–Crippen MR) is 85.0 cm³/mol. The molecule has 1 atom stereocenters. The number of nitrogens with one attached hydrogen (secondary N) is 1. The summed E-state index contributed by atoms with van der Waals surface area (Å²) < 4.78 is 5.18. The Bertz CT molecular complexity index is 569. The average molecular weight is 310 g/mol. The standard InChI is InChI=1S/C16H17Cl2NO/c1-19-15(11-6-8-13(20-2)9-7-11)10-12-4-3-5-14(17)16(12)18/h3-9,15,19H,10H2,1-2H3. The van der Waals surface area contributed by atoms with E-state index < -0.39 is 0 Å². The first kappa shape index (κ1) is 15.2. The molecule has 0 aromatic heterocycles. The van der Waals surface area contributed by atoms with Crippen molar-refractivity contribution in [2.75, 3.05) is 14.2 Å². The third kappa shape index (κ3) is 3.45. The first-order chi connectivity index (χ1) is 9.65. The van der Waals surface area contributed by atoms with E-state index in [1.807, 2.05) is 31.3 Å². The van der Waals surface area contributed by atoms with Gasteiger partial charge < -0.3 is 10.1 Å². The molecule has 2 aromatic carbocycles. The van der Waals surface area contributed by atoms with Gasteiger partial charge in [0.2, 0.25) is 0 Å². The molecule has 20 heavy (non-hydrogen) atoms. The summed E-state index contributed by atoms with van der Waals surface area (Å²) in [6.07, 6.45) is 0.780. The van der Waals surface area contributed by atoms with E-state index in [0.29, 0.717) is 10.0 Å². The van der Waals surface area contributed by atoms with Crippen LogP contribution in [0.5, 0.6) is 5.75 Å². The van der Waals surface area contributed by atoms with Crippen LogP contribution in [0.15, 0.2) is 42.5 Å². The first-order valence-corrected chi connectivity index (χ1v) is 7.15. The molecule has 0 saturated heterocycles. The van der Waals surface area contributed by atoms with Crippen LogP contribution in [0, 0.1) is 0 Å². The van der Waals surface area contributed by atoms with Gasteiger partial charge in [-0.05, 0) is 42.8 Å². The third-order valence-corrected chi connectivity index (χ3v) is 4.18. The molecular weight excluding hydrogens is 293 g/mol. The van der Waals surface area contributed by atoms with Crippen LogP contribution in [0.2, 0.25) is 10.0 Å². The van der Waals surface area contributed by atoms with Gasteiger partial charge in [0.15, 0.2) is 0 Å². The zero-order valence-electron chi connectivity index (χ0n) is 11.5. The minimum atomic E-state index is 0.178. The van der Waals surface area contributed by atoms with E-state index in [4.69, 9.17) is 27.9 Å². The largest absolute Gasteiger partial charge is 0.497 e. The molecule has 106 valence electrons. The Morgan fingerprint density at radius 3 is 2.40 bits per heavy atom. The zero-order valence-corrected chi connectivity index (χ0v) is 13.0. The van der Waals surface area contributed by atoms with Crippen LogP contribution < -0.4 is 10.1 Å². The molecule has 1 unspecified atom stereocenters. The maximum absolute atomic E-state index is 6.25. The van der Waals surface area contributed by atoms with Crippen LogP contribution >= 0.6 is 23.2 Å². The SMILES string of the molecule is CNC(Cc1cccc(Cl)c1Cl)c1ccc(OC)cc1. The van der Waals surface area contributed by atoms with Crippen molar-refractivity contribution in [1.29, 1.82) is 0 Å². The summed E-state index contributed by atoms with van der Waals surface area (Å²) in [6.45, 7) is 0. The van der Waals surface area contributed by atoms with E-state index >= 15 is 0 Å². The van der Waals surface area contributed by atoms with Crippen LogP contribution in [0.4, 0.5) is 0 Å². The fourth-order valence-electron chi connectivity index (χ4n) is 2.15. The van der Waals surface area contributed by atoms with Crippen molar-refractivity contribution >= 4 is 23.2 Å². The number of rotatable bonds is 5. The van der Waals surface area contributed by atoms with E-state index in [1.54, 1.807) is 13.2 Å². The Morgan fingerprint density at radius 1 is 1.10 bits per heavy atom. The number of likely N-dealkylation sites (N-methyl/N-ethyl adjacent to an activating group) is 1. The van der Waals surface area contributed by atoms with Crippen molar-refractivity contribution in [3.8, 4) is 5.75 Å². The fourth-order valence-corrected chi connectivity index (χ4v) is 2.55. The van der Waals surface area contributed by atoms with Crippen molar-refractivity contribution in [2.45, 2.75) is 12.5 Å². The lowest BCUT2D eigenvalue weighted by Gasteiger charge is -2.18. The third-order valence-electron chi connectivity index (χ3n) is 3.32. The van der Waals surface area contributed by atoms with Crippen molar-refractivity contribution in [3.05, 3.63) is 63.6 Å². The Labute approximate surface area is 129 Å². The van der Waals surface area contributed by atoms with Crippen molar-refractivity contribution in [1.82, 2.24) is 5.32 Å². The van der Waals surface area contributed by atoms with E-state index in [9.17, 15) is 0 Å². The molecule has 4 heteroatoms. The number of methoxy groups -OCH3 is 1. The summed E-state index contributed by atoms with van der Waals surface area (Å²) in [7, 11) is 3.60. The van der Waals surface area contributed by atoms with Crippen LogP contribution in [0.1, 0.15) is 17.2 Å². The van der Waals surface area contributed by atoms with Gasteiger partial charge in [0, 0.05) is 6.04 Å². The molecule has 2 nitrogen and oxygen atoms in total. The average Bonchev–Trinajstić information content (AvgIpc) is 2.49. The van der Waals surface area contributed by atoms with Crippen LogP contribution in [0.25, 0.3) is 0 Å². The predicted octanol–water partition coefficient (Wildman–Crippen LogP) is 4.51. The Hall–Kier alpha value is -1.22. The fraction of sp³-hybridized carbons (Fsp3) is 0.250. The summed E-state index contributed by atoms with van der Waals surface area (Å²) in [4.78, 5) is 0. The lowest BCUT2D eigenvalue weighted by atomic mass is 9.99. The molecule has 0 bridgehead atoms. The second-order valence-corrected chi connectivity index (χ2v) is 5.32. The number of hydrogen-bond acceptors (Lipinski definition) is 2. The number of hydrogen-bond donors (Lipinski definition) is 1. The number of ether oxygens (including phenoxy) is 1. The van der Waals surface area contributed by atoms with Gasteiger partial charge in [0.1, 0.15) is 5.75 Å². The van der Waals surface area contributed by atoms with Gasteiger partial charge in [0.05, 0.1) is 17.2 Å². The number of benzene rings is 2. The van der Waals surface area contributed by atoms with E-state index in [0.717, 1.165) is 17.7 Å². The zero-order chi connectivity index (χ0) is 14.5. The molecule has 0 fully saturated rings. The van der Waals surface area contributed by atoms with Crippen molar-refractivity contribution in [3.63, 3.8) is 0 Å². The second-order valence-electron chi connectivity index (χ2n) is 4.53. The molecule has 2 aromatic rings. The van der Waals surface area contributed by atoms with E-state index in [2.05, 4.69) is 17.4 Å². The molecular formula is C16H17Cl2NO. The first-order valence-electron chi connectivity index (χ1n) is 6.39. The molecule has 0 aliphatic carbocycles. The molecule has 0 aliphatic heterocycles. The van der Waals surface area contributed by atoms with Gasteiger partial charge in [-0.25, -0.2) is 0 Å². The minimum Gasteiger partial charge on any atom is -0.497 e. The van der Waals surface area contributed by atoms with Crippen LogP contribution in [0.3, 0.4) is 0 Å². The summed E-state index contributed by atoms with van der Waals surface area (Å²) in [5.74, 6) is 0.851. The lowest BCUT2D eigenvalue weighted by Crippen LogP contribution is -2.19.